The number of aromatic nitrogens is 4. The van der Waals surface area contributed by atoms with Crippen LogP contribution in [0.2, 0.25) is 5.02 Å². The Morgan fingerprint density at radius 2 is 2.13 bits per heavy atom. The van der Waals surface area contributed by atoms with E-state index in [0.717, 1.165) is 5.39 Å². The van der Waals surface area contributed by atoms with Crippen LogP contribution in [0.1, 0.15) is 19.4 Å². The molecular formula is C20H21ClN6O4. The molecule has 162 valence electrons. The molecule has 31 heavy (non-hydrogen) atoms. The van der Waals surface area contributed by atoms with Crippen molar-refractivity contribution in [2.45, 2.75) is 26.4 Å². The van der Waals surface area contributed by atoms with Gasteiger partial charge in [-0.05, 0) is 18.1 Å². The van der Waals surface area contributed by atoms with Crippen molar-refractivity contribution in [2.75, 3.05) is 23.9 Å². The van der Waals surface area contributed by atoms with E-state index in [1.807, 2.05) is 13.8 Å². The highest BCUT2D eigenvalue weighted by atomic mass is 35.5. The predicted octanol–water partition coefficient (Wildman–Crippen LogP) is 2.97. The molecule has 1 aromatic carbocycles. The van der Waals surface area contributed by atoms with Crippen LogP contribution in [-0.4, -0.2) is 45.8 Å². The van der Waals surface area contributed by atoms with Crippen LogP contribution in [0, 0.1) is 5.92 Å². The summed E-state index contributed by atoms with van der Waals surface area (Å²) in [6, 6.07) is 4.98. The zero-order chi connectivity index (χ0) is 22.1. The number of rotatable bonds is 6. The molecule has 10 nitrogen and oxygen atoms in total. The van der Waals surface area contributed by atoms with Crippen molar-refractivity contribution >= 4 is 40.5 Å². The van der Waals surface area contributed by atoms with Gasteiger partial charge in [0.15, 0.2) is 0 Å². The van der Waals surface area contributed by atoms with Crippen LogP contribution in [0.4, 0.5) is 16.7 Å². The number of amides is 1. The van der Waals surface area contributed by atoms with Crippen LogP contribution < -0.4 is 20.5 Å². The van der Waals surface area contributed by atoms with Crippen LogP contribution in [0.15, 0.2) is 29.3 Å². The van der Waals surface area contributed by atoms with Crippen LogP contribution in [-0.2, 0) is 11.3 Å². The Balaban J connectivity index is 1.56. The number of methoxy groups -OCH3 is 1. The Labute approximate surface area is 182 Å². The first-order valence-electron chi connectivity index (χ1n) is 9.65. The second-order valence-corrected chi connectivity index (χ2v) is 7.83. The van der Waals surface area contributed by atoms with Crippen LogP contribution in [0.3, 0.4) is 0 Å². The van der Waals surface area contributed by atoms with Crippen molar-refractivity contribution in [3.8, 4) is 5.75 Å². The Kier molecular flexibility index (Phi) is 5.64. The van der Waals surface area contributed by atoms with Crippen LogP contribution in [0.5, 0.6) is 5.75 Å². The smallest absolute Gasteiger partial charge is 0.417 e. The molecule has 1 saturated heterocycles. The Bertz CT molecular complexity index is 1200. The summed E-state index contributed by atoms with van der Waals surface area (Å²) in [5.41, 5.74) is 0.822. The Morgan fingerprint density at radius 1 is 1.32 bits per heavy atom. The molecule has 0 saturated carbocycles. The molecule has 3 heterocycles. The van der Waals surface area contributed by atoms with Crippen molar-refractivity contribution in [1.82, 2.24) is 19.9 Å². The number of anilines is 2. The number of nitrogens with zero attached hydrogens (tertiary/aromatic N) is 4. The Hall–Kier alpha value is -3.40. The first-order chi connectivity index (χ1) is 14.9. The van der Waals surface area contributed by atoms with E-state index in [1.165, 1.54) is 18.3 Å². The fourth-order valence-electron chi connectivity index (χ4n) is 3.36. The molecule has 1 aliphatic rings. The monoisotopic (exact) mass is 444 g/mol. The average molecular weight is 445 g/mol. The molecule has 4 rings (SSSR count). The maximum Gasteiger partial charge on any atom is 0.417 e. The maximum absolute atomic E-state index is 12.5. The topological polar surface area (TPSA) is 122 Å². The fourth-order valence-corrected chi connectivity index (χ4v) is 3.61. The number of hydrogen-bond donors (Lipinski definition) is 2. The molecule has 2 N–H and O–H groups in total. The number of pyridine rings is 1. The van der Waals surface area contributed by atoms with E-state index in [1.54, 1.807) is 18.2 Å². The van der Waals surface area contributed by atoms with Gasteiger partial charge < -0.3 is 19.8 Å². The summed E-state index contributed by atoms with van der Waals surface area (Å²) in [5.74, 6) is 1.08. The highest BCUT2D eigenvalue weighted by Crippen LogP contribution is 2.29. The van der Waals surface area contributed by atoms with E-state index in [-0.39, 0.29) is 42.6 Å². The molecule has 1 atom stereocenters. The van der Waals surface area contributed by atoms with Crippen molar-refractivity contribution in [2.24, 2.45) is 5.92 Å². The summed E-state index contributed by atoms with van der Waals surface area (Å²) in [7, 11) is 1.51. The van der Waals surface area contributed by atoms with Gasteiger partial charge in [0, 0.05) is 23.6 Å². The molecule has 3 aromatic rings. The second kappa shape index (κ2) is 8.38. The number of nitrogens with one attached hydrogen (secondary N) is 2. The number of cyclic esters (lactones) is 1. The number of fused-ring (bicyclic) bond motifs is 1. The average Bonchev–Trinajstić information content (AvgIpc) is 3.14. The molecular weight excluding hydrogens is 424 g/mol. The minimum atomic E-state index is -0.492. The number of ether oxygens (including phenoxy) is 2. The quantitative estimate of drug-likeness (QED) is 0.595. The third-order valence-corrected chi connectivity index (χ3v) is 5.38. The lowest BCUT2D eigenvalue weighted by Gasteiger charge is -2.22. The summed E-state index contributed by atoms with van der Waals surface area (Å²) >= 11 is 6.19. The van der Waals surface area contributed by atoms with Gasteiger partial charge in [-0.3, -0.25) is 4.79 Å². The molecule has 1 aliphatic heterocycles. The van der Waals surface area contributed by atoms with Gasteiger partial charge in [0.1, 0.15) is 18.7 Å². The number of hydrogen-bond acceptors (Lipinski definition) is 8. The zero-order valence-corrected chi connectivity index (χ0v) is 17.9. The number of aromatic amines is 1. The number of halogens is 1. The number of carbonyl (C=O) groups excluding carboxylic acids is 1. The molecule has 0 spiro atoms. The molecule has 1 fully saturated rings. The molecule has 2 aromatic heterocycles. The first kappa shape index (κ1) is 20.9. The van der Waals surface area contributed by atoms with Gasteiger partial charge in [-0.15, -0.1) is 0 Å². The standard InChI is InChI=1S/C20H21ClN6O4/c1-10(2)15-8-31-20(29)27(15)19-24-9-23-18(26-19)22-7-12-4-11-5-13(21)16(30-3)6-14(11)25-17(12)28/h4-6,9-10,15H,7-8H2,1-3H3,(H,25,28)(H,22,23,24,26). The lowest BCUT2D eigenvalue weighted by Crippen LogP contribution is -2.38. The van der Waals surface area contributed by atoms with Crippen LogP contribution in [0.25, 0.3) is 10.9 Å². The number of H-pyrrole nitrogens is 1. The first-order valence-corrected chi connectivity index (χ1v) is 10.0. The van der Waals surface area contributed by atoms with Crippen molar-refractivity contribution < 1.29 is 14.3 Å². The number of carbonyl (C=O) groups is 1. The predicted molar refractivity (Wildman–Crippen MR) is 116 cm³/mol. The largest absolute Gasteiger partial charge is 0.495 e. The van der Waals surface area contributed by atoms with E-state index in [9.17, 15) is 9.59 Å². The molecule has 0 radical (unpaired) electrons. The minimum absolute atomic E-state index is 0.159. The fraction of sp³-hybridized carbons (Fsp3) is 0.350. The molecule has 0 aliphatic carbocycles. The van der Waals surface area contributed by atoms with Gasteiger partial charge in [-0.25, -0.2) is 19.7 Å². The minimum Gasteiger partial charge on any atom is -0.495 e. The summed E-state index contributed by atoms with van der Waals surface area (Å²) < 4.78 is 10.3. The van der Waals surface area contributed by atoms with E-state index >= 15 is 0 Å². The van der Waals surface area contributed by atoms with Crippen molar-refractivity contribution in [3.05, 3.63) is 45.5 Å². The highest BCUT2D eigenvalue weighted by Gasteiger charge is 2.38. The van der Waals surface area contributed by atoms with Gasteiger partial charge in [-0.1, -0.05) is 25.4 Å². The zero-order valence-electron chi connectivity index (χ0n) is 17.2. The summed E-state index contributed by atoms with van der Waals surface area (Å²) in [6.45, 7) is 4.43. The van der Waals surface area contributed by atoms with Gasteiger partial charge in [0.2, 0.25) is 11.9 Å². The number of benzene rings is 1. The lowest BCUT2D eigenvalue weighted by atomic mass is 10.1. The molecule has 11 heteroatoms. The molecule has 1 unspecified atom stereocenters. The summed E-state index contributed by atoms with van der Waals surface area (Å²) in [4.78, 5) is 41.4. The third kappa shape index (κ3) is 4.11. The Morgan fingerprint density at radius 3 is 2.87 bits per heavy atom. The maximum atomic E-state index is 12.5. The van der Waals surface area contributed by atoms with E-state index < -0.39 is 6.09 Å². The van der Waals surface area contributed by atoms with Crippen molar-refractivity contribution in [3.63, 3.8) is 0 Å². The molecule has 1 amide bonds. The summed E-state index contributed by atoms with van der Waals surface area (Å²) in [6.07, 6.45) is 0.818. The van der Waals surface area contributed by atoms with Gasteiger partial charge in [-0.2, -0.15) is 4.98 Å². The van der Waals surface area contributed by atoms with E-state index in [0.29, 0.717) is 21.9 Å². The normalized spacial score (nSPS) is 16.1. The van der Waals surface area contributed by atoms with Crippen molar-refractivity contribution in [1.29, 1.82) is 0 Å². The summed E-state index contributed by atoms with van der Waals surface area (Å²) in [5, 5.41) is 4.21. The highest BCUT2D eigenvalue weighted by molar-refractivity contribution is 6.32. The SMILES string of the molecule is COc1cc2[nH]c(=O)c(CNc3ncnc(N4C(=O)OCC4C(C)C)n3)cc2cc1Cl. The van der Waals surface area contributed by atoms with Gasteiger partial charge >= 0.3 is 6.09 Å². The van der Waals surface area contributed by atoms with E-state index in [4.69, 9.17) is 21.1 Å². The van der Waals surface area contributed by atoms with Gasteiger partial charge in [0.05, 0.1) is 23.7 Å². The lowest BCUT2D eigenvalue weighted by molar-refractivity contribution is 0.177. The third-order valence-electron chi connectivity index (χ3n) is 5.08. The van der Waals surface area contributed by atoms with E-state index in [2.05, 4.69) is 25.3 Å². The van der Waals surface area contributed by atoms with Gasteiger partial charge in [0.25, 0.3) is 5.56 Å². The van der Waals surface area contributed by atoms with Crippen LogP contribution >= 0.6 is 11.6 Å². The molecule has 0 bridgehead atoms. The second-order valence-electron chi connectivity index (χ2n) is 7.42.